The maximum Gasteiger partial charge on any atom is 0.338 e. The molecule has 0 atom stereocenters. The average molecular weight is 487 g/mol. The zero-order valence-electron chi connectivity index (χ0n) is 20.2. The second-order valence-corrected chi connectivity index (χ2v) is 7.99. The number of ether oxygens (including phenoxy) is 3. The second kappa shape index (κ2) is 11.2. The van der Waals surface area contributed by atoms with Crippen molar-refractivity contribution >= 4 is 17.6 Å². The monoisotopic (exact) mass is 486 g/mol. The number of carbonyl (C=O) groups excluding carboxylic acids is 2. The molecule has 4 aromatic rings. The quantitative estimate of drug-likeness (QED) is 0.319. The molecule has 0 bridgehead atoms. The molecular weight excluding hydrogens is 460 g/mol. The fourth-order valence-corrected chi connectivity index (χ4v) is 3.63. The van der Waals surface area contributed by atoms with E-state index in [1.807, 2.05) is 62.4 Å². The molecule has 3 aromatic carbocycles. The molecule has 184 valence electrons. The van der Waals surface area contributed by atoms with Gasteiger partial charge >= 0.3 is 5.97 Å². The fraction of sp³-hybridized carbons (Fsp3) is 0.179. The van der Waals surface area contributed by atoms with E-state index < -0.39 is 18.5 Å². The zero-order valence-corrected chi connectivity index (χ0v) is 20.2. The van der Waals surface area contributed by atoms with Crippen LogP contribution >= 0.6 is 0 Å². The minimum absolute atomic E-state index is 0.231. The number of anilines is 1. The molecule has 0 spiro atoms. The van der Waals surface area contributed by atoms with Crippen molar-refractivity contribution in [3.63, 3.8) is 0 Å². The number of aryl methyl sites for hydroxylation is 2. The van der Waals surface area contributed by atoms with Gasteiger partial charge in [0.25, 0.3) is 5.91 Å². The number of benzene rings is 3. The predicted molar refractivity (Wildman–Crippen MR) is 134 cm³/mol. The van der Waals surface area contributed by atoms with Crippen LogP contribution in [0.15, 0.2) is 77.3 Å². The highest BCUT2D eigenvalue weighted by atomic mass is 16.5. The first kappa shape index (κ1) is 24.5. The Hall–Kier alpha value is -4.59. The van der Waals surface area contributed by atoms with E-state index in [1.54, 1.807) is 18.2 Å². The number of amides is 1. The van der Waals surface area contributed by atoms with Crippen LogP contribution < -0.4 is 14.8 Å². The highest BCUT2D eigenvalue weighted by molar-refractivity contribution is 5.98. The van der Waals surface area contributed by atoms with Gasteiger partial charge < -0.3 is 24.1 Å². The van der Waals surface area contributed by atoms with Crippen LogP contribution in [0.4, 0.5) is 5.69 Å². The average Bonchev–Trinajstić information content (AvgIpc) is 3.23. The number of rotatable bonds is 9. The molecule has 36 heavy (non-hydrogen) atoms. The van der Waals surface area contributed by atoms with Gasteiger partial charge in [0, 0.05) is 11.3 Å². The van der Waals surface area contributed by atoms with Crippen molar-refractivity contribution in [3.8, 4) is 22.6 Å². The van der Waals surface area contributed by atoms with E-state index in [9.17, 15) is 9.59 Å². The fourth-order valence-electron chi connectivity index (χ4n) is 3.63. The Morgan fingerprint density at radius 1 is 0.944 bits per heavy atom. The number of nitrogens with one attached hydrogen (secondary N) is 1. The van der Waals surface area contributed by atoms with Crippen LogP contribution in [0.5, 0.6) is 11.5 Å². The third kappa shape index (κ3) is 5.72. The van der Waals surface area contributed by atoms with Crippen molar-refractivity contribution < 1.29 is 28.3 Å². The number of nitrogens with zero attached hydrogens (tertiary/aromatic N) is 1. The number of carbonyl (C=O) groups is 2. The summed E-state index contributed by atoms with van der Waals surface area (Å²) in [5.41, 5.74) is 4.29. The van der Waals surface area contributed by atoms with E-state index in [1.165, 1.54) is 13.2 Å². The molecule has 1 aromatic heterocycles. The normalized spacial score (nSPS) is 10.5. The molecular formula is C28H26N2O6. The highest BCUT2D eigenvalue weighted by Gasteiger charge is 2.16. The van der Waals surface area contributed by atoms with Crippen molar-refractivity contribution in [3.05, 3.63) is 95.4 Å². The summed E-state index contributed by atoms with van der Waals surface area (Å²) in [5, 5.41) is 6.72. The number of para-hydroxylation sites is 1. The third-order valence-corrected chi connectivity index (χ3v) is 5.57. The van der Waals surface area contributed by atoms with Crippen molar-refractivity contribution in [1.82, 2.24) is 5.16 Å². The summed E-state index contributed by atoms with van der Waals surface area (Å²) in [6.45, 7) is 3.45. The number of esters is 1. The van der Waals surface area contributed by atoms with Gasteiger partial charge in [-0.3, -0.25) is 4.79 Å². The molecule has 0 saturated heterocycles. The largest absolute Gasteiger partial charge is 0.493 e. The lowest BCUT2D eigenvalue weighted by atomic mass is 10.0. The van der Waals surface area contributed by atoms with Crippen molar-refractivity contribution in [2.45, 2.75) is 20.5 Å². The SMILES string of the molecule is COc1cc(C(=O)OCC(=O)Nc2ccccc2-c2ccccc2)ccc1OCc1c(C)noc1C. The summed E-state index contributed by atoms with van der Waals surface area (Å²) in [5.74, 6) is 0.383. The predicted octanol–water partition coefficient (Wildman–Crippen LogP) is 5.34. The van der Waals surface area contributed by atoms with Crippen molar-refractivity contribution in [2.24, 2.45) is 0 Å². The lowest BCUT2D eigenvalue weighted by Crippen LogP contribution is -2.21. The van der Waals surface area contributed by atoms with Gasteiger partial charge in [-0.2, -0.15) is 0 Å². The van der Waals surface area contributed by atoms with Crippen LogP contribution in [0, 0.1) is 13.8 Å². The van der Waals surface area contributed by atoms with Crippen LogP contribution in [-0.2, 0) is 16.1 Å². The van der Waals surface area contributed by atoms with Gasteiger partial charge in [0.2, 0.25) is 0 Å². The van der Waals surface area contributed by atoms with Crippen molar-refractivity contribution in [2.75, 3.05) is 19.0 Å². The van der Waals surface area contributed by atoms with Gasteiger partial charge in [0.05, 0.1) is 23.9 Å². The van der Waals surface area contributed by atoms with E-state index in [0.717, 1.165) is 22.4 Å². The summed E-state index contributed by atoms with van der Waals surface area (Å²) >= 11 is 0. The Morgan fingerprint density at radius 2 is 1.69 bits per heavy atom. The smallest absolute Gasteiger partial charge is 0.338 e. The van der Waals surface area contributed by atoms with Crippen LogP contribution in [0.3, 0.4) is 0 Å². The molecule has 0 radical (unpaired) electrons. The molecule has 8 heteroatoms. The minimum atomic E-state index is -0.655. The first-order valence-electron chi connectivity index (χ1n) is 11.3. The topological polar surface area (TPSA) is 99.9 Å². The first-order valence-corrected chi connectivity index (χ1v) is 11.3. The second-order valence-electron chi connectivity index (χ2n) is 7.99. The van der Waals surface area contributed by atoms with E-state index >= 15 is 0 Å². The molecule has 0 aliphatic rings. The molecule has 8 nitrogen and oxygen atoms in total. The molecule has 0 aliphatic heterocycles. The number of aromatic nitrogens is 1. The molecule has 0 saturated carbocycles. The van der Waals surface area contributed by atoms with Gasteiger partial charge in [-0.05, 0) is 43.7 Å². The summed E-state index contributed by atoms with van der Waals surface area (Å²) < 4.78 is 21.6. The molecule has 1 amide bonds. The lowest BCUT2D eigenvalue weighted by Gasteiger charge is -2.13. The van der Waals surface area contributed by atoms with Crippen LogP contribution in [0.1, 0.15) is 27.4 Å². The summed E-state index contributed by atoms with van der Waals surface area (Å²) in [6.07, 6.45) is 0. The molecule has 4 rings (SSSR count). The number of hydrogen-bond donors (Lipinski definition) is 1. The van der Waals surface area contributed by atoms with Gasteiger partial charge in [-0.25, -0.2) is 4.79 Å². The Balaban J connectivity index is 1.37. The third-order valence-electron chi connectivity index (χ3n) is 5.57. The first-order chi connectivity index (χ1) is 17.5. The maximum atomic E-state index is 12.6. The highest BCUT2D eigenvalue weighted by Crippen LogP contribution is 2.30. The van der Waals surface area contributed by atoms with Gasteiger partial charge in [0.1, 0.15) is 12.4 Å². The zero-order chi connectivity index (χ0) is 25.5. The Kier molecular flexibility index (Phi) is 7.65. The molecule has 0 fully saturated rings. The summed E-state index contributed by atoms with van der Waals surface area (Å²) in [7, 11) is 1.48. The summed E-state index contributed by atoms with van der Waals surface area (Å²) in [4.78, 5) is 25.1. The van der Waals surface area contributed by atoms with Gasteiger partial charge in [0.15, 0.2) is 18.1 Å². The lowest BCUT2D eigenvalue weighted by molar-refractivity contribution is -0.119. The van der Waals surface area contributed by atoms with E-state index in [0.29, 0.717) is 22.9 Å². The summed E-state index contributed by atoms with van der Waals surface area (Å²) in [6, 6.07) is 21.8. The Morgan fingerprint density at radius 3 is 2.42 bits per heavy atom. The standard InChI is InChI=1S/C28H26N2O6/c1-18-23(19(2)36-30-18)16-34-25-14-13-21(15-26(25)33-3)28(32)35-17-27(31)29-24-12-8-7-11-22(24)20-9-5-4-6-10-20/h4-15H,16-17H2,1-3H3,(H,29,31). The Bertz CT molecular complexity index is 1340. The molecule has 0 aliphatic carbocycles. The van der Waals surface area contributed by atoms with Crippen LogP contribution in [0.25, 0.3) is 11.1 Å². The maximum absolute atomic E-state index is 12.6. The van der Waals surface area contributed by atoms with Crippen LogP contribution in [-0.4, -0.2) is 30.7 Å². The minimum Gasteiger partial charge on any atom is -0.493 e. The molecule has 1 N–H and O–H groups in total. The van der Waals surface area contributed by atoms with E-state index in [4.69, 9.17) is 18.7 Å². The molecule has 1 heterocycles. The number of methoxy groups -OCH3 is 1. The Labute approximate surface area is 208 Å². The van der Waals surface area contributed by atoms with Gasteiger partial charge in [-0.15, -0.1) is 0 Å². The number of hydrogen-bond acceptors (Lipinski definition) is 7. The van der Waals surface area contributed by atoms with E-state index in [2.05, 4.69) is 10.5 Å². The van der Waals surface area contributed by atoms with E-state index in [-0.39, 0.29) is 12.2 Å². The van der Waals surface area contributed by atoms with Crippen molar-refractivity contribution in [1.29, 1.82) is 0 Å². The molecule has 0 unspecified atom stereocenters. The van der Waals surface area contributed by atoms with Crippen LogP contribution in [0.2, 0.25) is 0 Å². The van der Waals surface area contributed by atoms with Gasteiger partial charge in [-0.1, -0.05) is 53.7 Å².